The minimum atomic E-state index is -0.392. The molecule has 0 unspecified atom stereocenters. The zero-order valence-corrected chi connectivity index (χ0v) is 9.74. The first-order valence-electron chi connectivity index (χ1n) is 4.96. The van der Waals surface area contributed by atoms with Crippen LogP contribution in [0.5, 0.6) is 0 Å². The van der Waals surface area contributed by atoms with E-state index in [1.54, 1.807) is 18.0 Å². The lowest BCUT2D eigenvalue weighted by Gasteiger charge is -2.26. The molecule has 0 saturated carbocycles. The van der Waals surface area contributed by atoms with Crippen LogP contribution in [0, 0.1) is 5.41 Å². The molecule has 2 N–H and O–H groups in total. The van der Waals surface area contributed by atoms with Crippen molar-refractivity contribution >= 4 is 17.3 Å². The van der Waals surface area contributed by atoms with E-state index >= 15 is 0 Å². The van der Waals surface area contributed by atoms with Gasteiger partial charge in [0.2, 0.25) is 5.91 Å². The molecule has 1 rings (SSSR count). The highest BCUT2D eigenvalue weighted by atomic mass is 16.2. The van der Waals surface area contributed by atoms with E-state index in [9.17, 15) is 4.79 Å². The summed E-state index contributed by atoms with van der Waals surface area (Å²) >= 11 is 0. The molecule has 0 atom stereocenters. The monoisotopic (exact) mass is 206 g/mol. The Labute approximate surface area is 90.9 Å². The molecule has 3 heteroatoms. The first-order valence-corrected chi connectivity index (χ1v) is 4.96. The van der Waals surface area contributed by atoms with Crippen molar-refractivity contribution in [3.05, 3.63) is 24.3 Å². The number of hydrogen-bond donors (Lipinski definition) is 1. The first kappa shape index (κ1) is 11.6. The van der Waals surface area contributed by atoms with Gasteiger partial charge in [0.05, 0.1) is 11.4 Å². The van der Waals surface area contributed by atoms with Crippen molar-refractivity contribution in [1.82, 2.24) is 0 Å². The highest BCUT2D eigenvalue weighted by molar-refractivity contribution is 5.98. The number of nitrogen functional groups attached to an aromatic ring is 1. The summed E-state index contributed by atoms with van der Waals surface area (Å²) in [5, 5.41) is 0. The molecule has 1 aromatic rings. The van der Waals surface area contributed by atoms with Gasteiger partial charge in [-0.1, -0.05) is 32.9 Å². The molecule has 1 amide bonds. The largest absolute Gasteiger partial charge is 0.397 e. The van der Waals surface area contributed by atoms with Crippen LogP contribution in [0.4, 0.5) is 11.4 Å². The SMILES string of the molecule is CN(C(=O)C(C)(C)C)c1ccccc1N. The summed E-state index contributed by atoms with van der Waals surface area (Å²) in [5.74, 6) is 0.0559. The molecule has 0 heterocycles. The Morgan fingerprint density at radius 3 is 2.27 bits per heavy atom. The Kier molecular flexibility index (Phi) is 3.03. The van der Waals surface area contributed by atoms with Gasteiger partial charge in [0.25, 0.3) is 0 Å². The van der Waals surface area contributed by atoms with E-state index in [2.05, 4.69) is 0 Å². The molecule has 0 radical (unpaired) electrons. The Hall–Kier alpha value is -1.51. The third kappa shape index (κ3) is 2.49. The number of benzene rings is 1. The molecule has 0 aromatic heterocycles. The average molecular weight is 206 g/mol. The normalized spacial score (nSPS) is 11.2. The van der Waals surface area contributed by atoms with Crippen molar-refractivity contribution in [2.75, 3.05) is 17.7 Å². The maximum Gasteiger partial charge on any atom is 0.232 e. The predicted octanol–water partition coefficient (Wildman–Crippen LogP) is 2.28. The highest BCUT2D eigenvalue weighted by Gasteiger charge is 2.26. The summed E-state index contributed by atoms with van der Waals surface area (Å²) in [7, 11) is 1.75. The number of nitrogens with two attached hydrogens (primary N) is 1. The predicted molar refractivity (Wildman–Crippen MR) is 63.7 cm³/mol. The zero-order chi connectivity index (χ0) is 11.6. The van der Waals surface area contributed by atoms with Gasteiger partial charge < -0.3 is 10.6 Å². The van der Waals surface area contributed by atoms with Crippen molar-refractivity contribution < 1.29 is 4.79 Å². The highest BCUT2D eigenvalue weighted by Crippen LogP contribution is 2.26. The second kappa shape index (κ2) is 3.93. The van der Waals surface area contributed by atoms with E-state index < -0.39 is 5.41 Å². The Balaban J connectivity index is 3.01. The maximum absolute atomic E-state index is 12.0. The van der Waals surface area contributed by atoms with Crippen LogP contribution in [-0.2, 0) is 4.79 Å². The zero-order valence-electron chi connectivity index (χ0n) is 9.74. The summed E-state index contributed by atoms with van der Waals surface area (Å²) in [6.45, 7) is 5.68. The Bertz CT molecular complexity index is 366. The van der Waals surface area contributed by atoms with Crippen LogP contribution in [-0.4, -0.2) is 13.0 Å². The van der Waals surface area contributed by atoms with Crippen molar-refractivity contribution in [1.29, 1.82) is 0 Å². The Morgan fingerprint density at radius 1 is 1.27 bits per heavy atom. The number of hydrogen-bond acceptors (Lipinski definition) is 2. The molecule has 82 valence electrons. The van der Waals surface area contributed by atoms with Crippen LogP contribution in [0.1, 0.15) is 20.8 Å². The fourth-order valence-corrected chi connectivity index (χ4v) is 1.41. The number of para-hydroxylation sites is 2. The third-order valence-electron chi connectivity index (χ3n) is 2.24. The molecule has 0 aliphatic heterocycles. The van der Waals surface area contributed by atoms with Crippen LogP contribution in [0.15, 0.2) is 24.3 Å². The Morgan fingerprint density at radius 2 is 1.80 bits per heavy atom. The van der Waals surface area contributed by atoms with Gasteiger partial charge in [0, 0.05) is 12.5 Å². The van der Waals surface area contributed by atoms with Crippen molar-refractivity contribution in [2.45, 2.75) is 20.8 Å². The van der Waals surface area contributed by atoms with E-state index in [4.69, 9.17) is 5.73 Å². The van der Waals surface area contributed by atoms with Gasteiger partial charge in [-0.25, -0.2) is 0 Å². The van der Waals surface area contributed by atoms with Crippen LogP contribution in [0.3, 0.4) is 0 Å². The molecule has 0 fully saturated rings. The lowest BCUT2D eigenvalue weighted by Crippen LogP contribution is -2.36. The van der Waals surface area contributed by atoms with E-state index in [0.29, 0.717) is 5.69 Å². The van der Waals surface area contributed by atoms with Crippen molar-refractivity contribution in [3.8, 4) is 0 Å². The van der Waals surface area contributed by atoms with Gasteiger partial charge in [-0.3, -0.25) is 4.79 Å². The minimum absolute atomic E-state index is 0.0559. The second-order valence-corrected chi connectivity index (χ2v) is 4.67. The topological polar surface area (TPSA) is 46.3 Å². The molecule has 0 aliphatic carbocycles. The van der Waals surface area contributed by atoms with Gasteiger partial charge in [-0.15, -0.1) is 0 Å². The van der Waals surface area contributed by atoms with Crippen LogP contribution < -0.4 is 10.6 Å². The third-order valence-corrected chi connectivity index (χ3v) is 2.24. The maximum atomic E-state index is 12.0. The summed E-state index contributed by atoms with van der Waals surface area (Å²) < 4.78 is 0. The van der Waals surface area contributed by atoms with E-state index in [0.717, 1.165) is 5.69 Å². The van der Waals surface area contributed by atoms with Gasteiger partial charge in [0.15, 0.2) is 0 Å². The number of carbonyl (C=O) groups excluding carboxylic acids is 1. The van der Waals surface area contributed by atoms with Gasteiger partial charge in [-0.2, -0.15) is 0 Å². The summed E-state index contributed by atoms with van der Waals surface area (Å²) in [6.07, 6.45) is 0. The van der Waals surface area contributed by atoms with Crippen LogP contribution in [0.2, 0.25) is 0 Å². The fourth-order valence-electron chi connectivity index (χ4n) is 1.41. The van der Waals surface area contributed by atoms with Gasteiger partial charge in [-0.05, 0) is 12.1 Å². The second-order valence-electron chi connectivity index (χ2n) is 4.67. The number of anilines is 2. The first-order chi connectivity index (χ1) is 6.84. The van der Waals surface area contributed by atoms with E-state index in [1.165, 1.54) is 0 Å². The van der Waals surface area contributed by atoms with Crippen molar-refractivity contribution in [2.24, 2.45) is 5.41 Å². The van der Waals surface area contributed by atoms with E-state index in [1.807, 2.05) is 39.0 Å². The molecule has 0 saturated heterocycles. The average Bonchev–Trinajstić information content (AvgIpc) is 2.15. The lowest BCUT2D eigenvalue weighted by molar-refractivity contribution is -0.125. The molecular formula is C12H18N2O. The molecule has 0 spiro atoms. The minimum Gasteiger partial charge on any atom is -0.397 e. The van der Waals surface area contributed by atoms with Crippen LogP contribution >= 0.6 is 0 Å². The number of carbonyl (C=O) groups is 1. The standard InChI is InChI=1S/C12H18N2O/c1-12(2,3)11(15)14(4)10-8-6-5-7-9(10)13/h5-8H,13H2,1-4H3. The van der Waals surface area contributed by atoms with Gasteiger partial charge in [0.1, 0.15) is 0 Å². The quantitative estimate of drug-likeness (QED) is 0.716. The molecule has 1 aromatic carbocycles. The smallest absolute Gasteiger partial charge is 0.232 e. The summed E-state index contributed by atoms with van der Waals surface area (Å²) in [5.41, 5.74) is 6.80. The molecule has 15 heavy (non-hydrogen) atoms. The molecule has 3 nitrogen and oxygen atoms in total. The number of nitrogens with zero attached hydrogens (tertiary/aromatic N) is 1. The molecule has 0 bridgehead atoms. The lowest BCUT2D eigenvalue weighted by atomic mass is 9.94. The molecule has 0 aliphatic rings. The number of rotatable bonds is 1. The summed E-state index contributed by atoms with van der Waals surface area (Å²) in [4.78, 5) is 13.6. The summed E-state index contributed by atoms with van der Waals surface area (Å²) in [6, 6.07) is 7.37. The van der Waals surface area contributed by atoms with E-state index in [-0.39, 0.29) is 5.91 Å². The van der Waals surface area contributed by atoms with Crippen LogP contribution in [0.25, 0.3) is 0 Å². The molecular weight excluding hydrogens is 188 g/mol. The van der Waals surface area contributed by atoms with Gasteiger partial charge >= 0.3 is 0 Å². The number of amides is 1. The van der Waals surface area contributed by atoms with Crippen molar-refractivity contribution in [3.63, 3.8) is 0 Å². The fraction of sp³-hybridized carbons (Fsp3) is 0.417.